The molecule has 0 unspecified atom stereocenters. The van der Waals surface area contributed by atoms with Crippen molar-refractivity contribution >= 4 is 29.2 Å². The fraction of sp³-hybridized carbons (Fsp3) is 0.679. The molecule has 6 nitrogen and oxygen atoms in total. The number of hydrogen-bond donors (Lipinski definition) is 2. The van der Waals surface area contributed by atoms with Crippen LogP contribution in [0.25, 0.3) is 6.08 Å². The van der Waals surface area contributed by atoms with E-state index in [0.29, 0.717) is 12.8 Å². The topological polar surface area (TPSA) is 96.7 Å². The predicted molar refractivity (Wildman–Crippen MR) is 141 cm³/mol. The van der Waals surface area contributed by atoms with Crippen molar-refractivity contribution in [2.75, 3.05) is 0 Å². The van der Waals surface area contributed by atoms with Crippen molar-refractivity contribution in [2.24, 2.45) is 17.3 Å². The summed E-state index contributed by atoms with van der Waals surface area (Å²) < 4.78 is 5.83. The smallest absolute Gasteiger partial charge is 0.309 e. The first-order chi connectivity index (χ1) is 16.4. The lowest BCUT2D eigenvalue weighted by atomic mass is 9.71. The van der Waals surface area contributed by atoms with Crippen LogP contribution in [0.4, 0.5) is 0 Å². The number of esters is 1. The van der Waals surface area contributed by atoms with Gasteiger partial charge in [-0.3, -0.25) is 9.59 Å². The molecule has 7 heteroatoms. The zero-order chi connectivity index (χ0) is 26.3. The van der Waals surface area contributed by atoms with Gasteiger partial charge in [0, 0.05) is 17.7 Å². The molecule has 0 spiro atoms. The normalized spacial score (nSPS) is 31.5. The first kappa shape index (κ1) is 29.4. The van der Waals surface area contributed by atoms with Gasteiger partial charge in [-0.2, -0.15) is 0 Å². The number of hydrogen-bond acceptors (Lipinski definition) is 7. The number of cyclic esters (lactones) is 1. The van der Waals surface area contributed by atoms with Crippen molar-refractivity contribution < 1.29 is 24.5 Å². The highest BCUT2D eigenvalue weighted by Crippen LogP contribution is 2.34. The summed E-state index contributed by atoms with van der Waals surface area (Å²) in [6.45, 7) is 13.1. The average molecular weight is 506 g/mol. The number of carbonyl (C=O) groups is 2. The van der Waals surface area contributed by atoms with Crippen molar-refractivity contribution in [3.05, 3.63) is 33.3 Å². The molecule has 1 aliphatic rings. The van der Waals surface area contributed by atoms with E-state index < -0.39 is 35.6 Å². The highest BCUT2D eigenvalue weighted by molar-refractivity contribution is 7.09. The monoisotopic (exact) mass is 505 g/mol. The molecule has 35 heavy (non-hydrogen) atoms. The minimum absolute atomic E-state index is 0.0398. The van der Waals surface area contributed by atoms with Gasteiger partial charge < -0.3 is 14.9 Å². The van der Waals surface area contributed by atoms with Crippen molar-refractivity contribution in [1.82, 2.24) is 4.98 Å². The van der Waals surface area contributed by atoms with E-state index in [2.05, 4.69) is 18.0 Å². The number of allylic oxidation sites excluding steroid dienone is 1. The van der Waals surface area contributed by atoms with Gasteiger partial charge in [0.1, 0.15) is 11.9 Å². The Kier molecular flexibility index (Phi) is 10.9. The molecule has 0 fully saturated rings. The number of thiazole rings is 1. The predicted octanol–water partition coefficient (Wildman–Crippen LogP) is 5.66. The van der Waals surface area contributed by atoms with Crippen LogP contribution in [-0.2, 0) is 14.3 Å². The van der Waals surface area contributed by atoms with Gasteiger partial charge in [-0.25, -0.2) is 4.98 Å². The summed E-state index contributed by atoms with van der Waals surface area (Å²) in [6.07, 6.45) is 4.85. The minimum atomic E-state index is -1.21. The van der Waals surface area contributed by atoms with Crippen molar-refractivity contribution in [2.45, 2.75) is 105 Å². The average Bonchev–Trinajstić information content (AvgIpc) is 3.20. The molecule has 1 aromatic heterocycles. The number of rotatable bonds is 3. The Morgan fingerprint density at radius 2 is 1.97 bits per heavy atom. The summed E-state index contributed by atoms with van der Waals surface area (Å²) in [5.41, 5.74) is 1.72. The van der Waals surface area contributed by atoms with Crippen LogP contribution in [0, 0.1) is 24.2 Å². The molecule has 0 amide bonds. The molecule has 0 saturated heterocycles. The van der Waals surface area contributed by atoms with E-state index in [-0.39, 0.29) is 18.1 Å². The minimum Gasteiger partial charge on any atom is -0.457 e. The molecular weight excluding hydrogens is 462 g/mol. The van der Waals surface area contributed by atoms with Crippen LogP contribution in [0.2, 0.25) is 0 Å². The second-order valence-corrected chi connectivity index (χ2v) is 11.7. The van der Waals surface area contributed by atoms with Gasteiger partial charge in [0.25, 0.3) is 0 Å². The first-order valence-electron chi connectivity index (χ1n) is 12.7. The van der Waals surface area contributed by atoms with Crippen LogP contribution >= 0.6 is 11.3 Å². The van der Waals surface area contributed by atoms with E-state index in [1.54, 1.807) is 25.2 Å². The van der Waals surface area contributed by atoms with Crippen LogP contribution in [0.3, 0.4) is 0 Å². The first-order valence-corrected chi connectivity index (χ1v) is 13.6. The molecule has 5 atom stereocenters. The van der Waals surface area contributed by atoms with Crippen LogP contribution < -0.4 is 0 Å². The molecule has 2 heterocycles. The number of ether oxygens (including phenoxy) is 1. The molecule has 0 aliphatic carbocycles. The van der Waals surface area contributed by atoms with E-state index >= 15 is 0 Å². The number of aliphatic hydroxyl groups excluding tert-OH is 2. The van der Waals surface area contributed by atoms with Gasteiger partial charge in [-0.05, 0) is 64.0 Å². The van der Waals surface area contributed by atoms with E-state index in [1.165, 1.54) is 5.57 Å². The third kappa shape index (κ3) is 8.09. The Balaban J connectivity index is 2.35. The molecule has 0 aromatic carbocycles. The molecule has 2 N–H and O–H groups in total. The quantitative estimate of drug-likeness (QED) is 0.407. The number of aliphatic hydroxyl groups is 2. The lowest BCUT2D eigenvalue weighted by molar-refractivity contribution is -0.154. The van der Waals surface area contributed by atoms with Crippen LogP contribution in [0.15, 0.2) is 22.6 Å². The van der Waals surface area contributed by atoms with Crippen LogP contribution in [0.5, 0.6) is 0 Å². The second kappa shape index (κ2) is 12.9. The van der Waals surface area contributed by atoms with E-state index in [4.69, 9.17) is 4.74 Å². The highest BCUT2D eigenvalue weighted by Gasteiger charge is 2.43. The Bertz CT molecular complexity index is 932. The Hall–Kier alpha value is -1.83. The second-order valence-electron chi connectivity index (χ2n) is 10.6. The van der Waals surface area contributed by atoms with Gasteiger partial charge in [0.05, 0.1) is 34.7 Å². The van der Waals surface area contributed by atoms with E-state index in [0.717, 1.165) is 35.5 Å². The maximum Gasteiger partial charge on any atom is 0.309 e. The van der Waals surface area contributed by atoms with Gasteiger partial charge >= 0.3 is 5.97 Å². The summed E-state index contributed by atoms with van der Waals surface area (Å²) in [6, 6.07) is 0. The Morgan fingerprint density at radius 3 is 2.57 bits per heavy atom. The van der Waals surface area contributed by atoms with Gasteiger partial charge in [0.2, 0.25) is 0 Å². The fourth-order valence-corrected chi connectivity index (χ4v) is 5.19. The third-order valence-electron chi connectivity index (χ3n) is 7.30. The van der Waals surface area contributed by atoms with E-state index in [9.17, 15) is 19.8 Å². The zero-order valence-electron chi connectivity index (χ0n) is 22.3. The molecule has 0 saturated carbocycles. The molecule has 0 bridgehead atoms. The zero-order valence-corrected chi connectivity index (χ0v) is 23.2. The molecule has 0 radical (unpaired) electrons. The molecular formula is C28H43NO5S. The largest absolute Gasteiger partial charge is 0.457 e. The summed E-state index contributed by atoms with van der Waals surface area (Å²) in [4.78, 5) is 30.8. The van der Waals surface area contributed by atoms with Crippen LogP contribution in [0.1, 0.15) is 90.8 Å². The third-order valence-corrected chi connectivity index (χ3v) is 8.10. The number of carbonyl (C=O) groups excluding carboxylic acids is 2. The fourth-order valence-electron chi connectivity index (χ4n) is 4.62. The Labute approximate surface area is 214 Å². The summed E-state index contributed by atoms with van der Waals surface area (Å²) in [7, 11) is 0. The molecule has 1 aromatic rings. The summed E-state index contributed by atoms with van der Waals surface area (Å²) in [5.74, 6) is -1.39. The molecule has 1 aliphatic heterocycles. The molecule has 196 valence electrons. The number of ketones is 1. The highest BCUT2D eigenvalue weighted by atomic mass is 32.1. The summed E-state index contributed by atoms with van der Waals surface area (Å²) in [5, 5.41) is 24.8. The van der Waals surface area contributed by atoms with Gasteiger partial charge in [-0.1, -0.05) is 39.3 Å². The van der Waals surface area contributed by atoms with Gasteiger partial charge in [-0.15, -0.1) is 11.3 Å². The summed E-state index contributed by atoms with van der Waals surface area (Å²) >= 11 is 1.56. The number of aromatic nitrogens is 1. The standard InChI is InChI=1S/C28H43NO5S/c1-8-22-26(32)18(3)11-9-10-17(2)12-13-23(19(4)14-21-16-35-20(5)29-21)34-25(31)15-24(30)28(6,7)27(22)33/h12,14,16,18,22-24,26,30,32H,8-11,13,15H2,1-7H3/b17-12-,19-14+/t18-,22+,23-,24-,26-/m0/s1. The number of Topliss-reactive ketones (excluding diaryl/α,β-unsaturated/α-hetero) is 1. The SMILES string of the molecule is CC[C@H]1C(=O)C(C)(C)[C@@H](O)CC(=O)O[C@H](/C(C)=C/c2csc(C)n2)C/C=C(/C)CCC[C@H](C)[C@@H]1O. The lowest BCUT2D eigenvalue weighted by Crippen LogP contribution is -2.46. The van der Waals surface area contributed by atoms with Crippen molar-refractivity contribution in [3.8, 4) is 0 Å². The van der Waals surface area contributed by atoms with Crippen molar-refractivity contribution in [3.63, 3.8) is 0 Å². The molecule has 2 rings (SSSR count). The van der Waals surface area contributed by atoms with Gasteiger partial charge in [0.15, 0.2) is 0 Å². The number of aryl methyl sites for hydroxylation is 1. The van der Waals surface area contributed by atoms with Crippen molar-refractivity contribution in [1.29, 1.82) is 0 Å². The number of nitrogens with zero attached hydrogens (tertiary/aromatic N) is 1. The maximum absolute atomic E-state index is 13.4. The lowest BCUT2D eigenvalue weighted by Gasteiger charge is -2.35. The maximum atomic E-state index is 13.4. The Morgan fingerprint density at radius 1 is 1.29 bits per heavy atom. The van der Waals surface area contributed by atoms with Crippen LogP contribution in [-0.4, -0.2) is 45.3 Å². The van der Waals surface area contributed by atoms with E-state index in [1.807, 2.05) is 39.2 Å².